The van der Waals surface area contributed by atoms with Crippen molar-refractivity contribution in [1.82, 2.24) is 4.57 Å². The molecule has 1 aromatic heterocycles. The lowest BCUT2D eigenvalue weighted by molar-refractivity contribution is 0.0997. The van der Waals surface area contributed by atoms with E-state index < -0.39 is 9.84 Å². The first kappa shape index (κ1) is 20.8. The number of fused-ring (bicyclic) bond motifs is 1. The molecule has 0 aliphatic heterocycles. The zero-order chi connectivity index (χ0) is 20.5. The molecule has 0 fully saturated rings. The second kappa shape index (κ2) is 8.23. The SMILES string of the molecule is CSCCn1c(=NC(=O)c2cc(C)ccc2C)sc2cc(S(C)(=O)=O)ccc21. The van der Waals surface area contributed by atoms with Gasteiger partial charge in [0.1, 0.15) is 0 Å². The number of rotatable bonds is 5. The van der Waals surface area contributed by atoms with Crippen molar-refractivity contribution in [2.75, 3.05) is 18.3 Å². The molecule has 3 aromatic rings. The number of carbonyl (C=O) groups excluding carboxylic acids is 1. The quantitative estimate of drug-likeness (QED) is 0.612. The van der Waals surface area contributed by atoms with Gasteiger partial charge in [0.25, 0.3) is 5.91 Å². The molecule has 0 saturated heterocycles. The molecule has 0 aliphatic rings. The summed E-state index contributed by atoms with van der Waals surface area (Å²) < 4.78 is 26.6. The number of thiazole rings is 1. The highest BCUT2D eigenvalue weighted by molar-refractivity contribution is 7.98. The Morgan fingerprint density at radius 2 is 1.93 bits per heavy atom. The minimum atomic E-state index is -3.30. The smallest absolute Gasteiger partial charge is 0.279 e. The highest BCUT2D eigenvalue weighted by Crippen LogP contribution is 2.22. The molecule has 0 radical (unpaired) electrons. The van der Waals surface area contributed by atoms with E-state index >= 15 is 0 Å². The normalized spacial score (nSPS) is 12.6. The van der Waals surface area contributed by atoms with Crippen molar-refractivity contribution in [2.45, 2.75) is 25.3 Å². The Balaban J connectivity index is 2.18. The van der Waals surface area contributed by atoms with Crippen molar-refractivity contribution in [3.63, 3.8) is 0 Å². The molecule has 2 aromatic carbocycles. The Bertz CT molecular complexity index is 1220. The van der Waals surface area contributed by atoms with Crippen LogP contribution in [0.4, 0.5) is 0 Å². The number of aryl methyl sites for hydroxylation is 3. The van der Waals surface area contributed by atoms with Gasteiger partial charge < -0.3 is 4.57 Å². The number of hydrogen-bond acceptors (Lipinski definition) is 5. The summed E-state index contributed by atoms with van der Waals surface area (Å²) in [6.07, 6.45) is 3.22. The largest absolute Gasteiger partial charge is 0.316 e. The lowest BCUT2D eigenvalue weighted by Gasteiger charge is -2.05. The number of benzene rings is 2. The van der Waals surface area contributed by atoms with Gasteiger partial charge in [-0.2, -0.15) is 16.8 Å². The van der Waals surface area contributed by atoms with Gasteiger partial charge in [-0.15, -0.1) is 0 Å². The Morgan fingerprint density at radius 3 is 2.61 bits per heavy atom. The van der Waals surface area contributed by atoms with Crippen LogP contribution in [0.5, 0.6) is 0 Å². The van der Waals surface area contributed by atoms with Crippen LogP contribution >= 0.6 is 23.1 Å². The van der Waals surface area contributed by atoms with E-state index in [1.54, 1.807) is 30.0 Å². The van der Waals surface area contributed by atoms with E-state index in [1.807, 2.05) is 42.9 Å². The zero-order valence-corrected chi connectivity index (χ0v) is 18.7. The summed E-state index contributed by atoms with van der Waals surface area (Å²) in [4.78, 5) is 18.1. The van der Waals surface area contributed by atoms with Crippen molar-refractivity contribution >= 4 is 49.1 Å². The maximum absolute atomic E-state index is 12.8. The summed E-state index contributed by atoms with van der Waals surface area (Å²) in [5.74, 6) is 0.582. The molecule has 0 spiro atoms. The average Bonchev–Trinajstić information content (AvgIpc) is 2.97. The molecule has 8 heteroatoms. The number of aromatic nitrogens is 1. The monoisotopic (exact) mass is 434 g/mol. The van der Waals surface area contributed by atoms with E-state index in [1.165, 1.54) is 17.6 Å². The number of hydrogen-bond donors (Lipinski definition) is 0. The van der Waals surface area contributed by atoms with E-state index in [-0.39, 0.29) is 10.8 Å². The Labute approximate surface area is 173 Å². The van der Waals surface area contributed by atoms with Gasteiger partial charge in [0.2, 0.25) is 0 Å². The number of sulfone groups is 1. The van der Waals surface area contributed by atoms with Crippen LogP contribution in [0, 0.1) is 13.8 Å². The predicted octanol–water partition coefficient (Wildman–Crippen LogP) is 3.83. The van der Waals surface area contributed by atoms with Crippen molar-refractivity contribution in [3.05, 3.63) is 57.9 Å². The first-order valence-corrected chi connectivity index (χ1v) is 12.8. The highest BCUT2D eigenvalue weighted by Gasteiger charge is 2.14. The van der Waals surface area contributed by atoms with Gasteiger partial charge in [0.15, 0.2) is 14.6 Å². The van der Waals surface area contributed by atoms with Crippen LogP contribution in [-0.4, -0.2) is 37.2 Å². The molecule has 5 nitrogen and oxygen atoms in total. The Kier molecular flexibility index (Phi) is 6.12. The van der Waals surface area contributed by atoms with E-state index in [4.69, 9.17) is 0 Å². The molecule has 0 saturated carbocycles. The second-order valence-electron chi connectivity index (χ2n) is 6.67. The molecular weight excluding hydrogens is 412 g/mol. The highest BCUT2D eigenvalue weighted by atomic mass is 32.2. The average molecular weight is 435 g/mol. The van der Waals surface area contributed by atoms with Gasteiger partial charge in [-0.05, 0) is 49.9 Å². The van der Waals surface area contributed by atoms with Crippen LogP contribution in [0.25, 0.3) is 10.2 Å². The number of carbonyl (C=O) groups is 1. The standard InChI is InChI=1S/C20H22N2O3S3/c1-13-5-6-14(2)16(11-13)19(23)21-20-22(9-10-26-3)17-8-7-15(28(4,24)25)12-18(17)27-20/h5-8,11-12H,9-10H2,1-4H3. The molecule has 148 valence electrons. The van der Waals surface area contributed by atoms with Crippen molar-refractivity contribution < 1.29 is 13.2 Å². The van der Waals surface area contributed by atoms with E-state index in [9.17, 15) is 13.2 Å². The van der Waals surface area contributed by atoms with Gasteiger partial charge in [-0.3, -0.25) is 4.79 Å². The van der Waals surface area contributed by atoms with E-state index in [0.717, 1.165) is 27.1 Å². The Morgan fingerprint density at radius 1 is 1.18 bits per heavy atom. The second-order valence-corrected chi connectivity index (χ2v) is 10.7. The number of nitrogens with zero attached hydrogens (tertiary/aromatic N) is 2. The minimum absolute atomic E-state index is 0.269. The lowest BCUT2D eigenvalue weighted by atomic mass is 10.1. The molecule has 0 N–H and O–H groups in total. The van der Waals surface area contributed by atoms with E-state index in [2.05, 4.69) is 4.99 Å². The van der Waals surface area contributed by atoms with E-state index in [0.29, 0.717) is 16.9 Å². The molecule has 28 heavy (non-hydrogen) atoms. The fraction of sp³-hybridized carbons (Fsp3) is 0.300. The Hall–Kier alpha value is -1.90. The van der Waals surface area contributed by atoms with Crippen molar-refractivity contribution in [2.24, 2.45) is 4.99 Å². The fourth-order valence-electron chi connectivity index (χ4n) is 2.88. The first-order valence-electron chi connectivity index (χ1n) is 8.69. The fourth-order valence-corrected chi connectivity index (χ4v) is 5.06. The topological polar surface area (TPSA) is 68.5 Å². The third-order valence-electron chi connectivity index (χ3n) is 4.42. The molecule has 0 bridgehead atoms. The van der Waals surface area contributed by atoms with Crippen LogP contribution < -0.4 is 4.80 Å². The summed E-state index contributed by atoms with van der Waals surface area (Å²) in [7, 11) is -3.30. The van der Waals surface area contributed by atoms with Gasteiger partial charge in [-0.25, -0.2) is 8.42 Å². The number of amides is 1. The van der Waals surface area contributed by atoms with Crippen LogP contribution in [0.15, 0.2) is 46.3 Å². The zero-order valence-electron chi connectivity index (χ0n) is 16.2. The summed E-state index contributed by atoms with van der Waals surface area (Å²) >= 11 is 3.04. The minimum Gasteiger partial charge on any atom is -0.316 e. The maximum Gasteiger partial charge on any atom is 0.279 e. The van der Waals surface area contributed by atoms with Crippen molar-refractivity contribution in [1.29, 1.82) is 0 Å². The first-order chi connectivity index (χ1) is 13.2. The molecule has 1 heterocycles. The summed E-state index contributed by atoms with van der Waals surface area (Å²) in [5.41, 5.74) is 3.37. The van der Waals surface area contributed by atoms with Crippen LogP contribution in [0.1, 0.15) is 21.5 Å². The number of thioether (sulfide) groups is 1. The summed E-state index contributed by atoms with van der Waals surface area (Å²) in [6, 6.07) is 10.8. The van der Waals surface area contributed by atoms with Crippen LogP contribution in [0.3, 0.4) is 0 Å². The lowest BCUT2D eigenvalue weighted by Crippen LogP contribution is -2.18. The molecule has 0 aliphatic carbocycles. The summed E-state index contributed by atoms with van der Waals surface area (Å²) in [6.45, 7) is 4.53. The van der Waals surface area contributed by atoms with Gasteiger partial charge in [-0.1, -0.05) is 29.0 Å². The van der Waals surface area contributed by atoms with Gasteiger partial charge in [0.05, 0.1) is 15.1 Å². The molecule has 0 unspecified atom stereocenters. The third-order valence-corrected chi connectivity index (χ3v) is 7.16. The molecule has 1 amide bonds. The summed E-state index contributed by atoms with van der Waals surface area (Å²) in [5, 5.41) is 0. The molecular formula is C20H22N2O3S3. The van der Waals surface area contributed by atoms with Crippen molar-refractivity contribution in [3.8, 4) is 0 Å². The van der Waals surface area contributed by atoms with Gasteiger partial charge in [0, 0.05) is 24.1 Å². The third kappa shape index (κ3) is 4.39. The van der Waals surface area contributed by atoms with Crippen LogP contribution in [0.2, 0.25) is 0 Å². The van der Waals surface area contributed by atoms with Crippen LogP contribution in [-0.2, 0) is 16.4 Å². The molecule has 0 atom stereocenters. The predicted molar refractivity (Wildman–Crippen MR) is 117 cm³/mol. The maximum atomic E-state index is 12.8. The molecule has 3 rings (SSSR count). The van der Waals surface area contributed by atoms with Gasteiger partial charge >= 0.3 is 0 Å².